The monoisotopic (exact) mass is 257 g/mol. The van der Waals surface area contributed by atoms with Gasteiger partial charge in [-0.3, -0.25) is 0 Å². The topological polar surface area (TPSA) is 26.0 Å². The van der Waals surface area contributed by atoms with Crippen LogP contribution in [0.4, 0.5) is 4.39 Å². The average molecular weight is 257 g/mol. The molecule has 1 unspecified atom stereocenters. The number of hydrogen-bond donors (Lipinski definition) is 1. The van der Waals surface area contributed by atoms with E-state index in [9.17, 15) is 4.39 Å². The van der Waals surface area contributed by atoms with Crippen LogP contribution in [0.2, 0.25) is 0 Å². The molecule has 0 aliphatic rings. The first-order valence-electron chi connectivity index (χ1n) is 6.49. The van der Waals surface area contributed by atoms with Gasteiger partial charge in [-0.25, -0.2) is 4.39 Å². The predicted molar refractivity (Wildman–Crippen MR) is 77.6 cm³/mol. The van der Waals surface area contributed by atoms with E-state index in [4.69, 9.17) is 5.73 Å². The molecule has 0 saturated carbocycles. The van der Waals surface area contributed by atoms with Crippen LogP contribution < -0.4 is 5.73 Å². The molecule has 1 atom stereocenters. The molecule has 0 fully saturated rings. The summed E-state index contributed by atoms with van der Waals surface area (Å²) in [6.07, 6.45) is 0.691. The molecule has 0 bridgehead atoms. The molecule has 0 saturated heterocycles. The van der Waals surface area contributed by atoms with Crippen LogP contribution in [0.3, 0.4) is 0 Å². The Balaban J connectivity index is 2.28. The molecule has 0 aliphatic heterocycles. The lowest BCUT2D eigenvalue weighted by Crippen LogP contribution is -2.35. The van der Waals surface area contributed by atoms with Crippen molar-refractivity contribution < 1.29 is 4.39 Å². The Bertz CT molecular complexity index is 550. The van der Waals surface area contributed by atoms with Gasteiger partial charge in [0.25, 0.3) is 0 Å². The zero-order chi connectivity index (χ0) is 14.0. The highest BCUT2D eigenvalue weighted by atomic mass is 19.1. The normalized spacial score (nSPS) is 14.2. The van der Waals surface area contributed by atoms with Gasteiger partial charge < -0.3 is 5.73 Å². The molecule has 0 aliphatic carbocycles. The van der Waals surface area contributed by atoms with E-state index >= 15 is 0 Å². The minimum atomic E-state index is -0.450. The number of benzene rings is 2. The van der Waals surface area contributed by atoms with Gasteiger partial charge in [-0.05, 0) is 50.5 Å². The molecular formula is C17H20FN. The predicted octanol–water partition coefficient (Wildman–Crippen LogP) is 3.86. The van der Waals surface area contributed by atoms with Crippen LogP contribution in [0.1, 0.15) is 29.2 Å². The minimum Gasteiger partial charge on any atom is -0.321 e. The molecule has 0 aromatic heterocycles. The van der Waals surface area contributed by atoms with Crippen molar-refractivity contribution in [1.29, 1.82) is 0 Å². The quantitative estimate of drug-likeness (QED) is 0.887. The van der Waals surface area contributed by atoms with Crippen LogP contribution in [0, 0.1) is 19.7 Å². The van der Waals surface area contributed by atoms with Crippen LogP contribution in [0.5, 0.6) is 0 Å². The Kier molecular flexibility index (Phi) is 3.72. The molecule has 2 rings (SSSR count). The van der Waals surface area contributed by atoms with Crippen molar-refractivity contribution in [2.45, 2.75) is 32.7 Å². The van der Waals surface area contributed by atoms with Crippen LogP contribution in [-0.4, -0.2) is 0 Å². The van der Waals surface area contributed by atoms with Crippen molar-refractivity contribution in [3.05, 3.63) is 70.5 Å². The summed E-state index contributed by atoms with van der Waals surface area (Å²) in [6, 6.07) is 12.9. The third-order valence-electron chi connectivity index (χ3n) is 3.37. The molecule has 2 aromatic carbocycles. The maximum absolute atomic E-state index is 12.9. The second-order valence-corrected chi connectivity index (χ2v) is 5.60. The van der Waals surface area contributed by atoms with E-state index in [2.05, 4.69) is 32.0 Å². The highest BCUT2D eigenvalue weighted by Gasteiger charge is 2.22. The van der Waals surface area contributed by atoms with Gasteiger partial charge in [0.15, 0.2) is 0 Å². The van der Waals surface area contributed by atoms with Gasteiger partial charge in [-0.15, -0.1) is 0 Å². The highest BCUT2D eigenvalue weighted by Crippen LogP contribution is 2.25. The maximum Gasteiger partial charge on any atom is 0.123 e. The Labute approximate surface area is 114 Å². The molecule has 19 heavy (non-hydrogen) atoms. The van der Waals surface area contributed by atoms with E-state index in [1.165, 1.54) is 23.3 Å². The third-order valence-corrected chi connectivity index (χ3v) is 3.37. The third kappa shape index (κ3) is 3.42. The molecule has 2 heteroatoms. The fraction of sp³-hybridized carbons (Fsp3) is 0.294. The van der Waals surface area contributed by atoms with Crippen molar-refractivity contribution in [1.82, 2.24) is 0 Å². The zero-order valence-electron chi connectivity index (χ0n) is 11.7. The lowest BCUT2D eigenvalue weighted by Gasteiger charge is -2.26. The molecule has 1 nitrogen and oxygen atoms in total. The van der Waals surface area contributed by atoms with Gasteiger partial charge in [0, 0.05) is 5.54 Å². The summed E-state index contributed by atoms with van der Waals surface area (Å²) >= 11 is 0. The number of aryl methyl sites for hydroxylation is 2. The van der Waals surface area contributed by atoms with Crippen molar-refractivity contribution in [2.24, 2.45) is 5.73 Å². The summed E-state index contributed by atoms with van der Waals surface area (Å²) in [5, 5.41) is 0. The SMILES string of the molecule is Cc1cc(C)cc(C(C)(N)Cc2ccc(F)cc2)c1. The van der Waals surface area contributed by atoms with Crippen molar-refractivity contribution in [3.8, 4) is 0 Å². The molecule has 2 N–H and O–H groups in total. The first-order valence-corrected chi connectivity index (χ1v) is 6.49. The minimum absolute atomic E-state index is 0.214. The first-order chi connectivity index (χ1) is 8.87. The van der Waals surface area contributed by atoms with Crippen molar-refractivity contribution in [2.75, 3.05) is 0 Å². The molecule has 0 heterocycles. The summed E-state index contributed by atoms with van der Waals surface area (Å²) in [5.74, 6) is -0.214. The van der Waals surface area contributed by atoms with Gasteiger partial charge in [0.05, 0.1) is 0 Å². The van der Waals surface area contributed by atoms with Gasteiger partial charge in [0.2, 0.25) is 0 Å². The second kappa shape index (κ2) is 5.14. The number of nitrogens with two attached hydrogens (primary N) is 1. The Morgan fingerprint density at radius 1 is 1.00 bits per heavy atom. The Hall–Kier alpha value is -1.67. The summed E-state index contributed by atoms with van der Waals surface area (Å²) in [7, 11) is 0. The van der Waals surface area contributed by atoms with Crippen LogP contribution in [0.15, 0.2) is 42.5 Å². The molecule has 2 aromatic rings. The largest absolute Gasteiger partial charge is 0.321 e. The second-order valence-electron chi connectivity index (χ2n) is 5.60. The highest BCUT2D eigenvalue weighted by molar-refractivity contribution is 5.34. The molecular weight excluding hydrogens is 237 g/mol. The maximum atomic E-state index is 12.9. The lowest BCUT2D eigenvalue weighted by atomic mass is 9.85. The summed E-state index contributed by atoms with van der Waals surface area (Å²) in [5.41, 5.74) is 10.6. The fourth-order valence-electron chi connectivity index (χ4n) is 2.43. The van der Waals surface area contributed by atoms with E-state index < -0.39 is 5.54 Å². The van der Waals surface area contributed by atoms with E-state index in [0.29, 0.717) is 6.42 Å². The fourth-order valence-corrected chi connectivity index (χ4v) is 2.43. The van der Waals surface area contributed by atoms with E-state index in [1.54, 1.807) is 12.1 Å². The van der Waals surface area contributed by atoms with Gasteiger partial charge in [-0.2, -0.15) is 0 Å². The van der Waals surface area contributed by atoms with E-state index in [0.717, 1.165) is 11.1 Å². The molecule has 100 valence electrons. The van der Waals surface area contributed by atoms with Crippen LogP contribution in [0.25, 0.3) is 0 Å². The average Bonchev–Trinajstić information content (AvgIpc) is 2.31. The summed E-state index contributed by atoms with van der Waals surface area (Å²) < 4.78 is 12.9. The van der Waals surface area contributed by atoms with Gasteiger partial charge >= 0.3 is 0 Å². The van der Waals surface area contributed by atoms with Crippen molar-refractivity contribution >= 4 is 0 Å². The summed E-state index contributed by atoms with van der Waals surface area (Å²) in [6.45, 7) is 6.17. The number of rotatable bonds is 3. The molecule has 0 spiro atoms. The first kappa shape index (κ1) is 13.8. The standard InChI is InChI=1S/C17H20FN/c1-12-8-13(2)10-15(9-12)17(3,19)11-14-4-6-16(18)7-5-14/h4-10H,11,19H2,1-3H3. The van der Waals surface area contributed by atoms with Crippen LogP contribution in [-0.2, 0) is 12.0 Å². The van der Waals surface area contributed by atoms with Gasteiger partial charge in [0.1, 0.15) is 5.82 Å². The number of hydrogen-bond acceptors (Lipinski definition) is 1. The zero-order valence-corrected chi connectivity index (χ0v) is 11.7. The lowest BCUT2D eigenvalue weighted by molar-refractivity contribution is 0.490. The van der Waals surface area contributed by atoms with E-state index in [1.807, 2.05) is 6.92 Å². The molecule has 0 radical (unpaired) electrons. The van der Waals surface area contributed by atoms with Crippen molar-refractivity contribution in [3.63, 3.8) is 0 Å². The van der Waals surface area contributed by atoms with Crippen LogP contribution >= 0.6 is 0 Å². The Morgan fingerprint density at radius 3 is 2.05 bits per heavy atom. The Morgan fingerprint density at radius 2 is 1.53 bits per heavy atom. The number of halogens is 1. The molecule has 0 amide bonds. The van der Waals surface area contributed by atoms with E-state index in [-0.39, 0.29) is 5.82 Å². The van der Waals surface area contributed by atoms with Gasteiger partial charge in [-0.1, -0.05) is 41.5 Å². The summed E-state index contributed by atoms with van der Waals surface area (Å²) in [4.78, 5) is 0. The smallest absolute Gasteiger partial charge is 0.123 e.